The number of nitrogens with zero attached hydrogens (tertiary/aromatic N) is 3. The van der Waals surface area contributed by atoms with E-state index in [1.807, 2.05) is 0 Å². The van der Waals surface area contributed by atoms with Crippen LogP contribution in [0.5, 0.6) is 0 Å². The van der Waals surface area contributed by atoms with Crippen molar-refractivity contribution in [2.75, 3.05) is 18.6 Å². The predicted octanol–water partition coefficient (Wildman–Crippen LogP) is 1.90. The highest BCUT2D eigenvalue weighted by molar-refractivity contribution is 7.90. The van der Waals surface area contributed by atoms with Gasteiger partial charge in [-0.2, -0.15) is 0 Å². The highest BCUT2D eigenvalue weighted by atomic mass is 32.2. The number of hydrogen-bond acceptors (Lipinski definition) is 5. The standard InChI is InChI=1S/C11H14N4O4S/c1-20(17,18)7-6-13-11(16)19-8-9-2-4-10(5-3-9)14-15-12/h2-5H,6-8H2,1H3,(H,13,16). The second-order valence-corrected chi connectivity index (χ2v) is 6.25. The maximum Gasteiger partial charge on any atom is 0.407 e. The Morgan fingerprint density at radius 2 is 2.05 bits per heavy atom. The van der Waals surface area contributed by atoms with Crippen molar-refractivity contribution >= 4 is 21.6 Å². The van der Waals surface area contributed by atoms with Gasteiger partial charge >= 0.3 is 6.09 Å². The zero-order chi connectivity index (χ0) is 15.0. The van der Waals surface area contributed by atoms with Crippen LogP contribution in [0.3, 0.4) is 0 Å². The molecule has 1 aromatic carbocycles. The van der Waals surface area contributed by atoms with Crippen molar-refractivity contribution in [2.24, 2.45) is 5.11 Å². The van der Waals surface area contributed by atoms with Gasteiger partial charge in [0.15, 0.2) is 0 Å². The first-order valence-electron chi connectivity index (χ1n) is 5.63. The summed E-state index contributed by atoms with van der Waals surface area (Å²) < 4.78 is 26.6. The fourth-order valence-electron chi connectivity index (χ4n) is 1.25. The molecule has 0 heterocycles. The van der Waals surface area contributed by atoms with Gasteiger partial charge in [-0.15, -0.1) is 0 Å². The lowest BCUT2D eigenvalue weighted by Gasteiger charge is -2.06. The molecule has 20 heavy (non-hydrogen) atoms. The van der Waals surface area contributed by atoms with Gasteiger partial charge in [-0.1, -0.05) is 29.4 Å². The van der Waals surface area contributed by atoms with E-state index >= 15 is 0 Å². The third-order valence-electron chi connectivity index (χ3n) is 2.21. The van der Waals surface area contributed by atoms with E-state index < -0.39 is 15.9 Å². The summed E-state index contributed by atoms with van der Waals surface area (Å²) >= 11 is 0. The topological polar surface area (TPSA) is 121 Å². The molecule has 0 saturated carbocycles. The monoisotopic (exact) mass is 298 g/mol. The van der Waals surface area contributed by atoms with Crippen LogP contribution in [0.2, 0.25) is 0 Å². The number of carbonyl (C=O) groups is 1. The average Bonchev–Trinajstić information content (AvgIpc) is 2.37. The Labute approximate surface area is 116 Å². The van der Waals surface area contributed by atoms with Gasteiger partial charge in [0, 0.05) is 23.4 Å². The Hall–Kier alpha value is -2.25. The van der Waals surface area contributed by atoms with Crippen molar-refractivity contribution in [1.29, 1.82) is 0 Å². The number of benzene rings is 1. The first kappa shape index (κ1) is 15.8. The third kappa shape index (κ3) is 6.62. The van der Waals surface area contributed by atoms with Gasteiger partial charge < -0.3 is 10.1 Å². The van der Waals surface area contributed by atoms with Crippen LogP contribution in [0.4, 0.5) is 10.5 Å². The van der Waals surface area contributed by atoms with Crippen molar-refractivity contribution in [3.63, 3.8) is 0 Å². The molecule has 1 amide bonds. The van der Waals surface area contributed by atoms with Crippen molar-refractivity contribution < 1.29 is 17.9 Å². The van der Waals surface area contributed by atoms with Gasteiger partial charge in [-0.05, 0) is 11.1 Å². The molecule has 0 spiro atoms. The lowest BCUT2D eigenvalue weighted by molar-refractivity contribution is 0.140. The molecule has 8 nitrogen and oxygen atoms in total. The van der Waals surface area contributed by atoms with Crippen molar-refractivity contribution in [3.05, 3.63) is 40.3 Å². The second kappa shape index (κ2) is 7.37. The van der Waals surface area contributed by atoms with E-state index in [1.54, 1.807) is 24.3 Å². The first-order valence-corrected chi connectivity index (χ1v) is 7.69. The number of amides is 1. The van der Waals surface area contributed by atoms with E-state index in [9.17, 15) is 13.2 Å². The fraction of sp³-hybridized carbons (Fsp3) is 0.364. The zero-order valence-electron chi connectivity index (χ0n) is 10.8. The normalized spacial score (nSPS) is 10.4. The summed E-state index contributed by atoms with van der Waals surface area (Å²) in [5.74, 6) is -0.136. The second-order valence-electron chi connectivity index (χ2n) is 3.99. The SMILES string of the molecule is CS(=O)(=O)CCNC(=O)OCc1ccc(N=[N+]=[N-])cc1. The largest absolute Gasteiger partial charge is 0.445 e. The minimum Gasteiger partial charge on any atom is -0.445 e. The number of azide groups is 1. The van der Waals surface area contributed by atoms with Crippen LogP contribution in [0, 0.1) is 0 Å². The van der Waals surface area contributed by atoms with Crippen LogP contribution in [-0.2, 0) is 21.2 Å². The highest BCUT2D eigenvalue weighted by Crippen LogP contribution is 2.13. The molecule has 0 saturated heterocycles. The molecule has 0 aliphatic heterocycles. The van der Waals surface area contributed by atoms with Gasteiger partial charge in [-0.3, -0.25) is 0 Å². The fourth-order valence-corrected chi connectivity index (χ4v) is 1.72. The number of sulfone groups is 1. The first-order chi connectivity index (χ1) is 9.40. The molecule has 0 aliphatic rings. The smallest absolute Gasteiger partial charge is 0.407 e. The summed E-state index contributed by atoms with van der Waals surface area (Å²) in [6.07, 6.45) is 0.401. The van der Waals surface area contributed by atoms with Crippen molar-refractivity contribution in [1.82, 2.24) is 5.32 Å². The molecule has 0 fully saturated rings. The Kier molecular flexibility index (Phi) is 5.82. The molecule has 0 atom stereocenters. The summed E-state index contributed by atoms with van der Waals surface area (Å²) in [4.78, 5) is 13.9. The summed E-state index contributed by atoms with van der Waals surface area (Å²) in [6.45, 7) is 0.0503. The number of alkyl carbamates (subject to hydrolysis) is 1. The molecule has 0 radical (unpaired) electrons. The minimum absolute atomic E-state index is 0.00743. The van der Waals surface area contributed by atoms with Crippen LogP contribution < -0.4 is 5.32 Å². The van der Waals surface area contributed by atoms with Crippen LogP contribution in [0.25, 0.3) is 10.4 Å². The molecule has 1 N–H and O–H groups in total. The molecule has 1 rings (SSSR count). The minimum atomic E-state index is -3.11. The molecular formula is C11H14N4O4S. The van der Waals surface area contributed by atoms with E-state index in [4.69, 9.17) is 10.3 Å². The van der Waals surface area contributed by atoms with Crippen LogP contribution in [0.15, 0.2) is 29.4 Å². The number of nitrogens with one attached hydrogen (secondary N) is 1. The molecule has 0 unspecified atom stereocenters. The van der Waals surface area contributed by atoms with E-state index in [0.717, 1.165) is 11.8 Å². The van der Waals surface area contributed by atoms with Gasteiger partial charge in [0.2, 0.25) is 0 Å². The zero-order valence-corrected chi connectivity index (χ0v) is 11.6. The molecule has 9 heteroatoms. The number of ether oxygens (including phenoxy) is 1. The Bertz CT molecular complexity index is 606. The molecule has 108 valence electrons. The highest BCUT2D eigenvalue weighted by Gasteiger charge is 2.05. The van der Waals surface area contributed by atoms with Gasteiger partial charge in [0.05, 0.1) is 5.75 Å². The average molecular weight is 298 g/mol. The summed E-state index contributed by atoms with van der Waals surface area (Å²) in [7, 11) is -3.11. The quantitative estimate of drug-likeness (QED) is 0.489. The molecule has 0 aromatic heterocycles. The van der Waals surface area contributed by atoms with E-state index in [2.05, 4.69) is 15.3 Å². The molecule has 0 aliphatic carbocycles. The van der Waals surface area contributed by atoms with Crippen LogP contribution in [-0.4, -0.2) is 33.1 Å². The Morgan fingerprint density at radius 3 is 2.60 bits per heavy atom. The van der Waals surface area contributed by atoms with Crippen molar-refractivity contribution in [2.45, 2.75) is 6.61 Å². The van der Waals surface area contributed by atoms with E-state index in [0.29, 0.717) is 5.69 Å². The summed E-state index contributed by atoms with van der Waals surface area (Å²) in [5.41, 5.74) is 9.43. The van der Waals surface area contributed by atoms with Crippen LogP contribution >= 0.6 is 0 Å². The maximum absolute atomic E-state index is 11.3. The van der Waals surface area contributed by atoms with Gasteiger partial charge in [0.25, 0.3) is 0 Å². The number of rotatable bonds is 6. The third-order valence-corrected chi connectivity index (χ3v) is 3.15. The molecule has 0 bridgehead atoms. The Balaban J connectivity index is 2.35. The lowest BCUT2D eigenvalue weighted by atomic mass is 10.2. The van der Waals surface area contributed by atoms with Gasteiger partial charge in [-0.25, -0.2) is 13.2 Å². The number of hydrogen-bond donors (Lipinski definition) is 1. The predicted molar refractivity (Wildman–Crippen MR) is 73.1 cm³/mol. The lowest BCUT2D eigenvalue weighted by Crippen LogP contribution is -2.29. The van der Waals surface area contributed by atoms with E-state index in [-0.39, 0.29) is 18.9 Å². The van der Waals surface area contributed by atoms with Gasteiger partial charge in [0.1, 0.15) is 16.4 Å². The van der Waals surface area contributed by atoms with Crippen LogP contribution in [0.1, 0.15) is 5.56 Å². The molecular weight excluding hydrogens is 284 g/mol. The Morgan fingerprint density at radius 1 is 1.40 bits per heavy atom. The van der Waals surface area contributed by atoms with Crippen molar-refractivity contribution in [3.8, 4) is 0 Å². The summed E-state index contributed by atoms with van der Waals surface area (Å²) in [5, 5.41) is 5.74. The number of carbonyl (C=O) groups excluding carboxylic acids is 1. The van der Waals surface area contributed by atoms with E-state index in [1.165, 1.54) is 0 Å². The maximum atomic E-state index is 11.3. The summed E-state index contributed by atoms with van der Waals surface area (Å²) in [6, 6.07) is 6.52. The molecule has 1 aromatic rings.